The van der Waals surface area contributed by atoms with Crippen LogP contribution in [0.4, 0.5) is 4.79 Å². The van der Waals surface area contributed by atoms with Gasteiger partial charge in [0.05, 0.1) is 5.92 Å². The number of benzene rings is 3. The Morgan fingerprint density at radius 3 is 2.28 bits per heavy atom. The SMILES string of the molecule is CC(=O)O[C@@H](C(=O)C=C(C(=O)CCCCCCO)c1cccc(C)c1)[C@H](Cc1ccccc1)C(=O)N1C(=O)OC[C@H]1c1ccccc1. The van der Waals surface area contributed by atoms with Gasteiger partial charge in [0, 0.05) is 25.5 Å². The van der Waals surface area contributed by atoms with Gasteiger partial charge in [-0.15, -0.1) is 0 Å². The summed E-state index contributed by atoms with van der Waals surface area (Å²) in [5, 5.41) is 9.08. The molecule has 47 heavy (non-hydrogen) atoms. The monoisotopic (exact) mass is 639 g/mol. The van der Waals surface area contributed by atoms with Gasteiger partial charge in [-0.25, -0.2) is 9.69 Å². The van der Waals surface area contributed by atoms with Gasteiger partial charge in [-0.2, -0.15) is 0 Å². The van der Waals surface area contributed by atoms with Crippen molar-refractivity contribution in [2.45, 2.75) is 64.5 Å². The van der Waals surface area contributed by atoms with Gasteiger partial charge in [0.1, 0.15) is 12.6 Å². The normalized spacial score (nSPS) is 15.9. The molecule has 1 N–H and O–H groups in total. The second-order valence-electron chi connectivity index (χ2n) is 11.7. The van der Waals surface area contributed by atoms with Crippen molar-refractivity contribution < 1.29 is 38.6 Å². The lowest BCUT2D eigenvalue weighted by atomic mass is 9.87. The van der Waals surface area contributed by atoms with E-state index in [0.717, 1.165) is 30.2 Å². The van der Waals surface area contributed by atoms with Gasteiger partial charge in [-0.3, -0.25) is 19.2 Å². The van der Waals surface area contributed by atoms with E-state index in [1.54, 1.807) is 66.7 Å². The van der Waals surface area contributed by atoms with Crippen molar-refractivity contribution in [3.05, 3.63) is 113 Å². The number of amides is 2. The number of hydrogen-bond acceptors (Lipinski definition) is 8. The van der Waals surface area contributed by atoms with Crippen molar-refractivity contribution in [1.29, 1.82) is 0 Å². The van der Waals surface area contributed by atoms with Crippen LogP contribution in [0.25, 0.3) is 5.57 Å². The molecule has 1 aliphatic rings. The molecular weight excluding hydrogens is 598 g/mol. The molecule has 4 rings (SSSR count). The third kappa shape index (κ3) is 9.56. The van der Waals surface area contributed by atoms with Crippen molar-refractivity contribution in [2.75, 3.05) is 13.2 Å². The van der Waals surface area contributed by atoms with Gasteiger partial charge < -0.3 is 14.6 Å². The second kappa shape index (κ2) is 17.1. The van der Waals surface area contributed by atoms with Crippen LogP contribution in [0.2, 0.25) is 0 Å². The number of allylic oxidation sites excluding steroid dienone is 1. The van der Waals surface area contributed by atoms with E-state index < -0.39 is 41.8 Å². The summed E-state index contributed by atoms with van der Waals surface area (Å²) in [5.74, 6) is -3.85. The third-order valence-electron chi connectivity index (χ3n) is 8.08. The summed E-state index contributed by atoms with van der Waals surface area (Å²) >= 11 is 0. The second-order valence-corrected chi connectivity index (χ2v) is 11.7. The number of carbonyl (C=O) groups excluding carboxylic acids is 5. The Balaban J connectivity index is 1.75. The maximum Gasteiger partial charge on any atom is 0.417 e. The van der Waals surface area contributed by atoms with E-state index in [1.807, 2.05) is 25.1 Å². The summed E-state index contributed by atoms with van der Waals surface area (Å²) in [5.41, 5.74) is 2.91. The third-order valence-corrected chi connectivity index (χ3v) is 8.08. The highest BCUT2D eigenvalue weighted by Crippen LogP contribution is 2.32. The summed E-state index contributed by atoms with van der Waals surface area (Å²) in [6.07, 6.45) is 1.53. The number of esters is 1. The maximum atomic E-state index is 14.4. The summed E-state index contributed by atoms with van der Waals surface area (Å²) in [7, 11) is 0. The first-order valence-corrected chi connectivity index (χ1v) is 15.9. The summed E-state index contributed by atoms with van der Waals surface area (Å²) in [6, 6.07) is 24.3. The maximum absolute atomic E-state index is 14.4. The first-order valence-electron chi connectivity index (χ1n) is 15.9. The number of aliphatic hydroxyl groups is 1. The predicted molar refractivity (Wildman–Crippen MR) is 176 cm³/mol. The Labute approximate surface area is 275 Å². The van der Waals surface area contributed by atoms with Gasteiger partial charge in [0.2, 0.25) is 5.91 Å². The van der Waals surface area contributed by atoms with E-state index >= 15 is 0 Å². The number of Topliss-reactive ketones (excluding diaryl/α,β-unsaturated/α-hetero) is 1. The molecule has 3 aromatic carbocycles. The lowest BCUT2D eigenvalue weighted by molar-refractivity contribution is -0.158. The number of aryl methyl sites for hydroxylation is 1. The predicted octanol–water partition coefficient (Wildman–Crippen LogP) is 5.97. The van der Waals surface area contributed by atoms with Crippen LogP contribution in [0.15, 0.2) is 91.0 Å². The Kier molecular flexibility index (Phi) is 12.8. The van der Waals surface area contributed by atoms with Crippen LogP contribution in [0.1, 0.15) is 67.3 Å². The Hall–Kier alpha value is -4.89. The van der Waals surface area contributed by atoms with E-state index in [-0.39, 0.29) is 37.4 Å². The van der Waals surface area contributed by atoms with Crippen molar-refractivity contribution in [1.82, 2.24) is 4.90 Å². The molecule has 1 fully saturated rings. The van der Waals surface area contributed by atoms with Crippen LogP contribution in [-0.2, 0) is 35.1 Å². The van der Waals surface area contributed by atoms with Crippen molar-refractivity contribution in [2.24, 2.45) is 5.92 Å². The summed E-state index contributed by atoms with van der Waals surface area (Å²) in [4.78, 5) is 68.8. The minimum atomic E-state index is -1.64. The zero-order valence-corrected chi connectivity index (χ0v) is 26.8. The number of ether oxygens (including phenoxy) is 2. The van der Waals surface area contributed by atoms with E-state index in [4.69, 9.17) is 14.6 Å². The van der Waals surface area contributed by atoms with E-state index in [9.17, 15) is 24.0 Å². The van der Waals surface area contributed by atoms with E-state index in [1.165, 1.54) is 6.08 Å². The molecule has 0 aromatic heterocycles. The number of unbranched alkanes of at least 4 members (excludes halogenated alkanes) is 3. The zero-order chi connectivity index (χ0) is 33.8. The number of hydrogen-bond donors (Lipinski definition) is 1. The van der Waals surface area contributed by atoms with Crippen LogP contribution >= 0.6 is 0 Å². The van der Waals surface area contributed by atoms with Crippen LogP contribution in [0.3, 0.4) is 0 Å². The van der Waals surface area contributed by atoms with Crippen LogP contribution < -0.4 is 0 Å². The Morgan fingerprint density at radius 2 is 1.62 bits per heavy atom. The zero-order valence-electron chi connectivity index (χ0n) is 26.8. The first-order chi connectivity index (χ1) is 22.7. The molecule has 0 spiro atoms. The minimum absolute atomic E-state index is 0.0267. The lowest BCUT2D eigenvalue weighted by Gasteiger charge is -2.29. The highest BCUT2D eigenvalue weighted by Gasteiger charge is 2.46. The molecule has 9 nitrogen and oxygen atoms in total. The van der Waals surface area contributed by atoms with Crippen LogP contribution in [0.5, 0.6) is 0 Å². The van der Waals surface area contributed by atoms with Gasteiger partial charge in [-0.05, 0) is 49.0 Å². The van der Waals surface area contributed by atoms with Gasteiger partial charge in [-0.1, -0.05) is 103 Å². The standard InChI is InChI=1S/C38H41NO8/c1-26-14-13-19-30(22-26)31(34(42)20-11-3-4-12-21-40)24-35(43)36(47-27(2)41)32(23-28-15-7-5-8-16-28)37(44)39-33(25-46-38(39)45)29-17-9-6-10-18-29/h5-10,13-19,22,24,32-33,36,40H,3-4,11-12,20-21,23,25H2,1-2H3/t32-,33-,36+/m0/s1. The van der Waals surface area contributed by atoms with Gasteiger partial charge in [0.15, 0.2) is 17.7 Å². The van der Waals surface area contributed by atoms with Gasteiger partial charge >= 0.3 is 12.1 Å². The first kappa shape index (κ1) is 35.0. The van der Waals surface area contributed by atoms with Crippen LogP contribution in [-0.4, -0.2) is 58.9 Å². The molecule has 0 aliphatic carbocycles. The molecule has 3 aromatic rings. The average Bonchev–Trinajstić information content (AvgIpc) is 3.46. The molecule has 1 saturated heterocycles. The quantitative estimate of drug-likeness (QED) is 0.115. The topological polar surface area (TPSA) is 127 Å². The fourth-order valence-electron chi connectivity index (χ4n) is 5.72. The fraction of sp³-hybridized carbons (Fsp3) is 0.342. The summed E-state index contributed by atoms with van der Waals surface area (Å²) < 4.78 is 10.9. The number of ketones is 2. The molecule has 0 unspecified atom stereocenters. The van der Waals surface area contributed by atoms with Crippen molar-refractivity contribution in [3.8, 4) is 0 Å². The largest absolute Gasteiger partial charge is 0.453 e. The molecule has 1 aliphatic heterocycles. The van der Waals surface area contributed by atoms with Gasteiger partial charge in [0.25, 0.3) is 0 Å². The molecule has 0 radical (unpaired) electrons. The number of cyclic esters (lactones) is 1. The molecule has 0 saturated carbocycles. The number of nitrogens with zero attached hydrogens (tertiary/aromatic N) is 1. The van der Waals surface area contributed by atoms with E-state index in [0.29, 0.717) is 29.5 Å². The molecular formula is C38H41NO8. The van der Waals surface area contributed by atoms with E-state index in [2.05, 4.69) is 0 Å². The highest BCUT2D eigenvalue weighted by molar-refractivity contribution is 6.25. The average molecular weight is 640 g/mol. The molecule has 246 valence electrons. The smallest absolute Gasteiger partial charge is 0.417 e. The fourth-order valence-corrected chi connectivity index (χ4v) is 5.72. The van der Waals surface area contributed by atoms with Crippen molar-refractivity contribution in [3.63, 3.8) is 0 Å². The number of aliphatic hydroxyl groups excluding tert-OH is 1. The Morgan fingerprint density at radius 1 is 0.936 bits per heavy atom. The number of imide groups is 1. The molecule has 2 amide bonds. The summed E-state index contributed by atoms with van der Waals surface area (Å²) in [6.45, 7) is 3.03. The lowest BCUT2D eigenvalue weighted by Crippen LogP contribution is -2.47. The molecule has 3 atom stereocenters. The number of carbonyl (C=O) groups is 5. The number of rotatable bonds is 16. The Bertz CT molecular complexity index is 1580. The van der Waals surface area contributed by atoms with Crippen LogP contribution in [0, 0.1) is 12.8 Å². The molecule has 1 heterocycles. The highest BCUT2D eigenvalue weighted by atomic mass is 16.6. The minimum Gasteiger partial charge on any atom is -0.453 e. The molecule has 0 bridgehead atoms. The van der Waals surface area contributed by atoms with Crippen molar-refractivity contribution >= 4 is 35.1 Å². The molecule has 9 heteroatoms.